The Hall–Kier alpha value is -2.14. The van der Waals surface area contributed by atoms with E-state index in [9.17, 15) is 4.79 Å². The zero-order chi connectivity index (χ0) is 19.7. The zero-order valence-corrected chi connectivity index (χ0v) is 17.3. The number of thioether (sulfide) groups is 1. The molecule has 1 fully saturated rings. The van der Waals surface area contributed by atoms with Crippen molar-refractivity contribution in [2.45, 2.75) is 17.5 Å². The predicted molar refractivity (Wildman–Crippen MR) is 117 cm³/mol. The highest BCUT2D eigenvalue weighted by atomic mass is 35.5. The zero-order valence-electron chi connectivity index (χ0n) is 15.0. The molecule has 1 aliphatic rings. The van der Waals surface area contributed by atoms with Crippen LogP contribution in [0.1, 0.15) is 17.9 Å². The van der Waals surface area contributed by atoms with Gasteiger partial charge in [-0.05, 0) is 61.0 Å². The summed E-state index contributed by atoms with van der Waals surface area (Å²) in [5, 5.41) is 0.693. The molecule has 0 unspecified atom stereocenters. The summed E-state index contributed by atoms with van der Waals surface area (Å²) in [6, 6.07) is 22.6. The van der Waals surface area contributed by atoms with Crippen LogP contribution in [0.2, 0.25) is 10.0 Å². The van der Waals surface area contributed by atoms with Gasteiger partial charge in [0, 0.05) is 5.69 Å². The lowest BCUT2D eigenvalue weighted by Crippen LogP contribution is -2.30. The number of nitrogens with zero attached hydrogens (tertiary/aromatic N) is 1. The molecule has 1 aliphatic heterocycles. The fraction of sp³-hybridized carbons (Fsp3) is 0.136. The number of rotatable bonds is 4. The normalized spacial score (nSPS) is 19.1. The summed E-state index contributed by atoms with van der Waals surface area (Å²) < 4.78 is 5.84. The Balaban J connectivity index is 1.61. The molecule has 3 nitrogen and oxygen atoms in total. The van der Waals surface area contributed by atoms with Crippen molar-refractivity contribution in [2.75, 3.05) is 4.90 Å². The number of ether oxygens (including phenoxy) is 1. The van der Waals surface area contributed by atoms with Gasteiger partial charge in [-0.2, -0.15) is 0 Å². The van der Waals surface area contributed by atoms with E-state index < -0.39 is 0 Å². The molecule has 2 atom stereocenters. The third kappa shape index (κ3) is 3.86. The van der Waals surface area contributed by atoms with Crippen LogP contribution in [-0.2, 0) is 4.79 Å². The van der Waals surface area contributed by atoms with Crippen LogP contribution in [0.4, 0.5) is 5.69 Å². The van der Waals surface area contributed by atoms with E-state index in [0.29, 0.717) is 15.8 Å². The van der Waals surface area contributed by atoms with Gasteiger partial charge in [0.25, 0.3) is 0 Å². The maximum atomic E-state index is 12.8. The molecule has 3 aromatic carbocycles. The van der Waals surface area contributed by atoms with E-state index in [-0.39, 0.29) is 16.5 Å². The first kappa shape index (κ1) is 19.2. The molecule has 0 bridgehead atoms. The number of amides is 1. The number of halogens is 2. The first-order chi connectivity index (χ1) is 13.5. The molecule has 1 saturated heterocycles. The SMILES string of the molecule is C[C@H]1S[C@H](c2ccc(Cl)c(Cl)c2)N(c2ccc(Oc3ccccc3)cc2)C1=O. The molecule has 0 aromatic heterocycles. The predicted octanol–water partition coefficient (Wildman–Crippen LogP) is 6.95. The van der Waals surface area contributed by atoms with Crippen molar-refractivity contribution in [3.63, 3.8) is 0 Å². The second-order valence-electron chi connectivity index (χ2n) is 6.42. The third-order valence-electron chi connectivity index (χ3n) is 4.48. The Labute approximate surface area is 178 Å². The molecule has 0 N–H and O–H groups in total. The standard InChI is InChI=1S/C22H17Cl2NO2S/c1-14-21(26)25(22(28-14)15-7-12-19(23)20(24)13-15)16-8-10-18(11-9-16)27-17-5-3-2-4-6-17/h2-14,22H,1H3/t14-,22-/m1/s1. The summed E-state index contributed by atoms with van der Waals surface area (Å²) in [5.74, 6) is 1.55. The molecular formula is C22H17Cl2NO2S. The van der Waals surface area contributed by atoms with Gasteiger partial charge in [-0.1, -0.05) is 47.5 Å². The number of carbonyl (C=O) groups excluding carboxylic acids is 1. The number of anilines is 1. The first-order valence-electron chi connectivity index (χ1n) is 8.79. The van der Waals surface area contributed by atoms with Crippen molar-refractivity contribution in [3.8, 4) is 11.5 Å². The highest BCUT2D eigenvalue weighted by Gasteiger charge is 2.39. The van der Waals surface area contributed by atoms with Gasteiger partial charge in [-0.25, -0.2) is 0 Å². The molecule has 0 aliphatic carbocycles. The van der Waals surface area contributed by atoms with Crippen molar-refractivity contribution in [2.24, 2.45) is 0 Å². The second-order valence-corrected chi connectivity index (χ2v) is 8.66. The van der Waals surface area contributed by atoms with Gasteiger partial charge in [-0.15, -0.1) is 11.8 Å². The summed E-state index contributed by atoms with van der Waals surface area (Å²) in [6.07, 6.45) is 0. The highest BCUT2D eigenvalue weighted by molar-refractivity contribution is 8.01. The van der Waals surface area contributed by atoms with Gasteiger partial charge >= 0.3 is 0 Å². The number of carbonyl (C=O) groups is 1. The second kappa shape index (κ2) is 8.08. The lowest BCUT2D eigenvalue weighted by Gasteiger charge is -2.24. The van der Waals surface area contributed by atoms with E-state index in [2.05, 4.69) is 0 Å². The minimum Gasteiger partial charge on any atom is -0.457 e. The molecule has 1 amide bonds. The molecule has 6 heteroatoms. The molecule has 0 radical (unpaired) electrons. The molecule has 3 aromatic rings. The molecular weight excluding hydrogens is 413 g/mol. The fourth-order valence-corrected chi connectivity index (χ4v) is 4.65. The van der Waals surface area contributed by atoms with Gasteiger partial charge in [0.15, 0.2) is 0 Å². The van der Waals surface area contributed by atoms with Gasteiger partial charge in [0.1, 0.15) is 16.9 Å². The summed E-state index contributed by atoms with van der Waals surface area (Å²) in [5.41, 5.74) is 1.76. The van der Waals surface area contributed by atoms with Gasteiger partial charge in [0.05, 0.1) is 15.3 Å². The monoisotopic (exact) mass is 429 g/mol. The van der Waals surface area contributed by atoms with Crippen molar-refractivity contribution < 1.29 is 9.53 Å². The maximum absolute atomic E-state index is 12.8. The highest BCUT2D eigenvalue weighted by Crippen LogP contribution is 2.46. The number of hydrogen-bond donors (Lipinski definition) is 0. The van der Waals surface area contributed by atoms with E-state index in [1.54, 1.807) is 22.7 Å². The van der Waals surface area contributed by atoms with E-state index in [0.717, 1.165) is 17.0 Å². The van der Waals surface area contributed by atoms with Crippen LogP contribution in [0, 0.1) is 0 Å². The van der Waals surface area contributed by atoms with Gasteiger partial charge in [-0.3, -0.25) is 9.69 Å². The van der Waals surface area contributed by atoms with Crippen LogP contribution >= 0.6 is 35.0 Å². The molecule has 0 saturated carbocycles. The number of benzene rings is 3. The average molecular weight is 430 g/mol. The topological polar surface area (TPSA) is 29.5 Å². The Morgan fingerprint density at radius 2 is 1.57 bits per heavy atom. The van der Waals surface area contributed by atoms with Crippen molar-refractivity contribution >= 4 is 46.6 Å². The van der Waals surface area contributed by atoms with E-state index in [4.69, 9.17) is 27.9 Å². The van der Waals surface area contributed by atoms with Crippen molar-refractivity contribution in [1.82, 2.24) is 0 Å². The van der Waals surface area contributed by atoms with Crippen molar-refractivity contribution in [1.29, 1.82) is 0 Å². The Morgan fingerprint density at radius 3 is 2.25 bits per heavy atom. The minimum atomic E-state index is -0.154. The molecule has 4 rings (SSSR count). The lowest BCUT2D eigenvalue weighted by molar-refractivity contribution is -0.117. The smallest absolute Gasteiger partial charge is 0.241 e. The first-order valence-corrected chi connectivity index (χ1v) is 10.5. The molecule has 1 heterocycles. The van der Waals surface area contributed by atoms with E-state index >= 15 is 0 Å². The summed E-state index contributed by atoms with van der Waals surface area (Å²) in [6.45, 7) is 1.92. The Morgan fingerprint density at radius 1 is 0.893 bits per heavy atom. The average Bonchev–Trinajstić information content (AvgIpc) is 3.00. The van der Waals surface area contributed by atoms with Crippen LogP contribution in [-0.4, -0.2) is 11.2 Å². The van der Waals surface area contributed by atoms with Crippen LogP contribution in [0.5, 0.6) is 11.5 Å². The van der Waals surface area contributed by atoms with Crippen LogP contribution in [0.3, 0.4) is 0 Å². The summed E-state index contributed by atoms with van der Waals surface area (Å²) in [4.78, 5) is 14.6. The Bertz CT molecular complexity index is 995. The third-order valence-corrected chi connectivity index (χ3v) is 6.57. The summed E-state index contributed by atoms with van der Waals surface area (Å²) in [7, 11) is 0. The quantitative estimate of drug-likeness (QED) is 0.449. The molecule has 28 heavy (non-hydrogen) atoms. The number of hydrogen-bond acceptors (Lipinski definition) is 3. The Kier molecular flexibility index (Phi) is 5.54. The van der Waals surface area contributed by atoms with Crippen LogP contribution in [0.25, 0.3) is 0 Å². The van der Waals surface area contributed by atoms with Crippen LogP contribution < -0.4 is 9.64 Å². The molecule has 142 valence electrons. The maximum Gasteiger partial charge on any atom is 0.241 e. The van der Waals surface area contributed by atoms with Gasteiger partial charge in [0.2, 0.25) is 5.91 Å². The van der Waals surface area contributed by atoms with Crippen molar-refractivity contribution in [3.05, 3.63) is 88.4 Å². The minimum absolute atomic E-state index is 0.0674. The summed E-state index contributed by atoms with van der Waals surface area (Å²) >= 11 is 13.8. The lowest BCUT2D eigenvalue weighted by atomic mass is 10.1. The van der Waals surface area contributed by atoms with E-state index in [1.807, 2.05) is 73.7 Å². The number of para-hydroxylation sites is 1. The largest absolute Gasteiger partial charge is 0.457 e. The molecule has 0 spiro atoms. The van der Waals surface area contributed by atoms with E-state index in [1.165, 1.54) is 0 Å². The fourth-order valence-electron chi connectivity index (χ4n) is 3.08. The van der Waals surface area contributed by atoms with Crippen LogP contribution in [0.15, 0.2) is 72.8 Å². The van der Waals surface area contributed by atoms with Gasteiger partial charge < -0.3 is 4.74 Å².